The van der Waals surface area contributed by atoms with Gasteiger partial charge in [-0.15, -0.1) is 11.3 Å². The molecule has 1 unspecified atom stereocenters. The molecule has 0 amide bonds. The lowest BCUT2D eigenvalue weighted by Crippen LogP contribution is -2.47. The van der Waals surface area contributed by atoms with Gasteiger partial charge in [0.15, 0.2) is 0 Å². The van der Waals surface area contributed by atoms with Crippen LogP contribution >= 0.6 is 11.3 Å². The maximum atomic E-state index is 13.3. The van der Waals surface area contributed by atoms with Gasteiger partial charge in [-0.3, -0.25) is 0 Å². The van der Waals surface area contributed by atoms with Crippen LogP contribution in [0.1, 0.15) is 21.4 Å². The molecule has 0 spiro atoms. The summed E-state index contributed by atoms with van der Waals surface area (Å²) in [5, 5.41) is 2.06. The standard InChI is InChI=1S/C10H12F5NS/c1-5-4-7(6(2)17-5)8(16-3)9(11,12)10(13,14)15/h4,8,16H,1-3H3. The van der Waals surface area contributed by atoms with Gasteiger partial charge in [-0.1, -0.05) is 0 Å². The topological polar surface area (TPSA) is 12.0 Å². The van der Waals surface area contributed by atoms with Crippen LogP contribution in [0.15, 0.2) is 6.07 Å². The molecule has 0 saturated carbocycles. The summed E-state index contributed by atoms with van der Waals surface area (Å²) in [6.07, 6.45) is -5.57. The molecule has 1 aromatic rings. The molecule has 0 bridgehead atoms. The highest BCUT2D eigenvalue weighted by Gasteiger charge is 2.62. The van der Waals surface area contributed by atoms with Crippen molar-refractivity contribution in [3.8, 4) is 0 Å². The van der Waals surface area contributed by atoms with Gasteiger partial charge in [0.05, 0.1) is 0 Å². The number of nitrogens with one attached hydrogen (secondary N) is 1. The average molecular weight is 273 g/mol. The van der Waals surface area contributed by atoms with Gasteiger partial charge >= 0.3 is 12.1 Å². The van der Waals surface area contributed by atoms with E-state index in [1.165, 1.54) is 24.3 Å². The molecular formula is C10H12F5NS. The second kappa shape index (κ2) is 4.53. The van der Waals surface area contributed by atoms with E-state index < -0.39 is 18.1 Å². The largest absolute Gasteiger partial charge is 0.455 e. The maximum absolute atomic E-state index is 13.3. The first-order valence-electron chi connectivity index (χ1n) is 4.80. The number of rotatable bonds is 3. The molecular weight excluding hydrogens is 261 g/mol. The molecule has 1 atom stereocenters. The van der Waals surface area contributed by atoms with Gasteiger partial charge < -0.3 is 5.32 Å². The van der Waals surface area contributed by atoms with E-state index >= 15 is 0 Å². The van der Waals surface area contributed by atoms with Crippen LogP contribution < -0.4 is 5.32 Å². The molecule has 0 radical (unpaired) electrons. The highest BCUT2D eigenvalue weighted by molar-refractivity contribution is 7.12. The lowest BCUT2D eigenvalue weighted by Gasteiger charge is -2.28. The normalized spacial score (nSPS) is 15.1. The third-order valence-electron chi connectivity index (χ3n) is 2.42. The fourth-order valence-corrected chi connectivity index (χ4v) is 2.60. The fourth-order valence-electron chi connectivity index (χ4n) is 1.63. The van der Waals surface area contributed by atoms with Crippen molar-refractivity contribution in [2.24, 2.45) is 0 Å². The van der Waals surface area contributed by atoms with Gasteiger partial charge in [0.25, 0.3) is 0 Å². The Kier molecular flexibility index (Phi) is 3.83. The van der Waals surface area contributed by atoms with Crippen molar-refractivity contribution in [2.75, 3.05) is 7.05 Å². The van der Waals surface area contributed by atoms with E-state index in [1.807, 2.05) is 0 Å². The Hall–Kier alpha value is -0.690. The first-order valence-corrected chi connectivity index (χ1v) is 5.61. The van der Waals surface area contributed by atoms with Crippen molar-refractivity contribution in [1.82, 2.24) is 5.32 Å². The Morgan fingerprint density at radius 1 is 1.18 bits per heavy atom. The Morgan fingerprint density at radius 3 is 2.00 bits per heavy atom. The Labute approximate surface area is 99.6 Å². The molecule has 1 rings (SSSR count). The van der Waals surface area contributed by atoms with E-state index in [2.05, 4.69) is 5.32 Å². The van der Waals surface area contributed by atoms with Crippen molar-refractivity contribution in [1.29, 1.82) is 0 Å². The summed E-state index contributed by atoms with van der Waals surface area (Å²) >= 11 is 1.20. The molecule has 0 aromatic carbocycles. The Morgan fingerprint density at radius 2 is 1.71 bits per heavy atom. The number of alkyl halides is 5. The number of thiophene rings is 1. The van der Waals surface area contributed by atoms with Crippen LogP contribution in [-0.4, -0.2) is 19.1 Å². The Balaban J connectivity index is 3.21. The summed E-state index contributed by atoms with van der Waals surface area (Å²) in [6, 6.07) is -0.687. The average Bonchev–Trinajstić information content (AvgIpc) is 2.44. The molecule has 0 saturated heterocycles. The molecule has 0 aliphatic rings. The summed E-state index contributed by atoms with van der Waals surface area (Å²) in [5.41, 5.74) is -0.00248. The Bertz CT molecular complexity index is 396. The van der Waals surface area contributed by atoms with Crippen LogP contribution in [0.2, 0.25) is 0 Å². The third kappa shape index (κ3) is 2.60. The van der Waals surface area contributed by atoms with Crippen LogP contribution in [0.5, 0.6) is 0 Å². The summed E-state index contributed by atoms with van der Waals surface area (Å²) in [4.78, 5) is 1.17. The lowest BCUT2D eigenvalue weighted by atomic mass is 10.0. The molecule has 1 nitrogen and oxygen atoms in total. The second-order valence-electron chi connectivity index (χ2n) is 3.71. The van der Waals surface area contributed by atoms with Crippen LogP contribution in [-0.2, 0) is 0 Å². The van der Waals surface area contributed by atoms with Gasteiger partial charge in [-0.25, -0.2) is 0 Å². The smallest absolute Gasteiger partial charge is 0.308 e. The molecule has 1 heterocycles. The molecule has 98 valence electrons. The summed E-state index contributed by atoms with van der Waals surface area (Å²) in [6.45, 7) is 3.20. The number of aryl methyl sites for hydroxylation is 2. The van der Waals surface area contributed by atoms with E-state index in [-0.39, 0.29) is 5.56 Å². The van der Waals surface area contributed by atoms with Crippen molar-refractivity contribution in [2.45, 2.75) is 32.0 Å². The predicted octanol–water partition coefficient (Wildman–Crippen LogP) is 3.82. The number of hydrogen-bond donors (Lipinski definition) is 1. The highest BCUT2D eigenvalue weighted by atomic mass is 32.1. The predicted molar refractivity (Wildman–Crippen MR) is 56.6 cm³/mol. The van der Waals surface area contributed by atoms with E-state index in [9.17, 15) is 22.0 Å². The van der Waals surface area contributed by atoms with Gasteiger partial charge in [0.2, 0.25) is 0 Å². The molecule has 0 fully saturated rings. The van der Waals surface area contributed by atoms with Crippen LogP contribution in [0.3, 0.4) is 0 Å². The van der Waals surface area contributed by atoms with E-state index in [0.717, 1.165) is 7.05 Å². The van der Waals surface area contributed by atoms with E-state index in [1.54, 1.807) is 6.92 Å². The zero-order chi connectivity index (χ0) is 13.4. The fraction of sp³-hybridized carbons (Fsp3) is 0.600. The monoisotopic (exact) mass is 273 g/mol. The van der Waals surface area contributed by atoms with Crippen LogP contribution in [0.4, 0.5) is 22.0 Å². The first kappa shape index (κ1) is 14.4. The zero-order valence-electron chi connectivity index (χ0n) is 9.45. The van der Waals surface area contributed by atoms with Crippen molar-refractivity contribution >= 4 is 11.3 Å². The minimum atomic E-state index is -5.57. The highest BCUT2D eigenvalue weighted by Crippen LogP contribution is 2.46. The van der Waals surface area contributed by atoms with Gasteiger partial charge in [-0.2, -0.15) is 22.0 Å². The van der Waals surface area contributed by atoms with Crippen molar-refractivity contribution in [3.63, 3.8) is 0 Å². The molecule has 1 aromatic heterocycles. The summed E-state index contributed by atoms with van der Waals surface area (Å²) < 4.78 is 63.5. The maximum Gasteiger partial charge on any atom is 0.455 e. The van der Waals surface area contributed by atoms with Crippen molar-refractivity contribution in [3.05, 3.63) is 21.4 Å². The van der Waals surface area contributed by atoms with Gasteiger partial charge in [0, 0.05) is 9.75 Å². The summed E-state index contributed by atoms with van der Waals surface area (Å²) in [5.74, 6) is -4.79. The summed E-state index contributed by atoms with van der Waals surface area (Å²) in [7, 11) is 1.09. The van der Waals surface area contributed by atoms with E-state index in [0.29, 0.717) is 9.75 Å². The third-order valence-corrected chi connectivity index (χ3v) is 3.40. The number of hydrogen-bond acceptors (Lipinski definition) is 2. The van der Waals surface area contributed by atoms with Gasteiger partial charge in [0.1, 0.15) is 6.04 Å². The number of halogens is 5. The molecule has 7 heteroatoms. The minimum Gasteiger partial charge on any atom is -0.308 e. The zero-order valence-corrected chi connectivity index (χ0v) is 10.3. The quantitative estimate of drug-likeness (QED) is 0.825. The molecule has 1 N–H and O–H groups in total. The molecule has 0 aliphatic heterocycles. The SMILES string of the molecule is CNC(c1cc(C)sc1C)C(F)(F)C(F)(F)F. The molecule has 17 heavy (non-hydrogen) atoms. The van der Waals surface area contributed by atoms with Crippen LogP contribution in [0, 0.1) is 13.8 Å². The van der Waals surface area contributed by atoms with Crippen molar-refractivity contribution < 1.29 is 22.0 Å². The van der Waals surface area contributed by atoms with Crippen LogP contribution in [0.25, 0.3) is 0 Å². The minimum absolute atomic E-state index is 0.00248. The second-order valence-corrected chi connectivity index (χ2v) is 5.17. The first-order chi connectivity index (χ1) is 7.61. The lowest BCUT2D eigenvalue weighted by molar-refractivity contribution is -0.293. The van der Waals surface area contributed by atoms with Gasteiger partial charge in [-0.05, 0) is 32.5 Å². The molecule has 0 aliphatic carbocycles. The van der Waals surface area contributed by atoms with E-state index in [4.69, 9.17) is 0 Å².